The predicted molar refractivity (Wildman–Crippen MR) is 71.7 cm³/mol. The molecule has 0 aliphatic heterocycles. The zero-order valence-corrected chi connectivity index (χ0v) is 11.6. The van der Waals surface area contributed by atoms with Crippen molar-refractivity contribution in [3.63, 3.8) is 0 Å². The van der Waals surface area contributed by atoms with Crippen molar-refractivity contribution >= 4 is 17.6 Å². The third-order valence-corrected chi connectivity index (χ3v) is 3.35. The van der Waals surface area contributed by atoms with Crippen molar-refractivity contribution in [1.82, 2.24) is 14.8 Å². The second-order valence-corrected chi connectivity index (χ2v) is 4.86. The summed E-state index contributed by atoms with van der Waals surface area (Å²) in [5.74, 6) is -1.02. The first-order valence-corrected chi connectivity index (χ1v) is 6.17. The van der Waals surface area contributed by atoms with Crippen LogP contribution < -0.4 is 0 Å². The Kier molecular flexibility index (Phi) is 3.57. The summed E-state index contributed by atoms with van der Waals surface area (Å²) in [5, 5.41) is 13.7. The van der Waals surface area contributed by atoms with E-state index in [1.807, 2.05) is 13.8 Å². The molecule has 0 spiro atoms. The van der Waals surface area contributed by atoms with Crippen molar-refractivity contribution in [2.75, 3.05) is 0 Å². The molecule has 6 heteroatoms. The highest BCUT2D eigenvalue weighted by molar-refractivity contribution is 6.29. The van der Waals surface area contributed by atoms with Gasteiger partial charge in [-0.25, -0.2) is 9.78 Å². The number of aromatic carboxylic acids is 1. The van der Waals surface area contributed by atoms with Gasteiger partial charge in [0.25, 0.3) is 0 Å². The second-order valence-electron chi connectivity index (χ2n) is 4.47. The minimum atomic E-state index is -0.987. The highest BCUT2D eigenvalue weighted by atomic mass is 35.5. The summed E-state index contributed by atoms with van der Waals surface area (Å²) in [6.45, 7) is 3.91. The molecule has 0 bridgehead atoms. The Morgan fingerprint density at radius 1 is 1.47 bits per heavy atom. The third-order valence-electron chi connectivity index (χ3n) is 3.15. The van der Waals surface area contributed by atoms with Crippen LogP contribution in [-0.4, -0.2) is 25.8 Å². The van der Waals surface area contributed by atoms with Gasteiger partial charge >= 0.3 is 5.97 Å². The first-order valence-electron chi connectivity index (χ1n) is 5.79. The van der Waals surface area contributed by atoms with Crippen LogP contribution in [0.25, 0.3) is 0 Å². The first-order chi connectivity index (χ1) is 8.90. The average molecular weight is 280 g/mol. The fraction of sp³-hybridized carbons (Fsp3) is 0.308. The molecule has 19 heavy (non-hydrogen) atoms. The topological polar surface area (TPSA) is 68.0 Å². The summed E-state index contributed by atoms with van der Waals surface area (Å²) >= 11 is 5.83. The third kappa shape index (κ3) is 2.61. The maximum Gasteiger partial charge on any atom is 0.354 e. The molecule has 0 saturated carbocycles. The van der Waals surface area contributed by atoms with Crippen LogP contribution >= 0.6 is 11.6 Å². The number of carbonyl (C=O) groups is 1. The molecule has 2 heterocycles. The van der Waals surface area contributed by atoms with Crippen LogP contribution in [0.2, 0.25) is 5.15 Å². The number of aromatic nitrogens is 3. The van der Waals surface area contributed by atoms with Crippen molar-refractivity contribution in [3.8, 4) is 0 Å². The van der Waals surface area contributed by atoms with Crippen LogP contribution in [0.15, 0.2) is 18.3 Å². The zero-order chi connectivity index (χ0) is 14.2. The van der Waals surface area contributed by atoms with Crippen molar-refractivity contribution < 1.29 is 9.90 Å². The standard InChI is InChI=1S/C13H14ClN3O2/c1-7-4-12(14)15-6-9(7)8(2)10-5-11(13(18)19)17(3)16-10/h4-6,8H,1-3H3,(H,18,19). The lowest BCUT2D eigenvalue weighted by Gasteiger charge is -2.11. The molecule has 0 amide bonds. The lowest BCUT2D eigenvalue weighted by Crippen LogP contribution is -2.05. The van der Waals surface area contributed by atoms with Gasteiger partial charge < -0.3 is 5.11 Å². The normalized spacial score (nSPS) is 12.4. The molecule has 2 aromatic heterocycles. The summed E-state index contributed by atoms with van der Waals surface area (Å²) in [6, 6.07) is 3.37. The van der Waals surface area contributed by atoms with E-state index in [1.165, 1.54) is 4.68 Å². The lowest BCUT2D eigenvalue weighted by molar-refractivity contribution is 0.0685. The Labute approximate surface area is 115 Å². The van der Waals surface area contributed by atoms with Gasteiger partial charge in [-0.15, -0.1) is 0 Å². The van der Waals surface area contributed by atoms with Crippen molar-refractivity contribution in [2.24, 2.45) is 7.05 Å². The average Bonchev–Trinajstić information content (AvgIpc) is 2.70. The molecule has 0 aromatic carbocycles. The van der Waals surface area contributed by atoms with Gasteiger partial charge in [-0.3, -0.25) is 4.68 Å². The van der Waals surface area contributed by atoms with E-state index in [0.717, 1.165) is 11.1 Å². The van der Waals surface area contributed by atoms with Gasteiger partial charge in [0.1, 0.15) is 10.8 Å². The molecule has 0 saturated heterocycles. The monoisotopic (exact) mass is 279 g/mol. The van der Waals surface area contributed by atoms with E-state index in [0.29, 0.717) is 10.8 Å². The number of rotatable bonds is 3. The Hall–Kier alpha value is -1.88. The molecular weight excluding hydrogens is 266 g/mol. The minimum absolute atomic E-state index is 0.0379. The number of aryl methyl sites for hydroxylation is 2. The van der Waals surface area contributed by atoms with Crippen LogP contribution in [0.1, 0.15) is 40.2 Å². The van der Waals surface area contributed by atoms with Gasteiger partial charge in [-0.2, -0.15) is 5.10 Å². The highest BCUT2D eigenvalue weighted by Gasteiger charge is 2.19. The van der Waals surface area contributed by atoms with Crippen LogP contribution in [0.5, 0.6) is 0 Å². The van der Waals surface area contributed by atoms with E-state index in [9.17, 15) is 4.79 Å². The first kappa shape index (κ1) is 13.5. The molecule has 2 rings (SSSR count). The molecule has 0 radical (unpaired) electrons. The number of carboxylic acid groups (broad SMARTS) is 1. The fourth-order valence-corrected chi connectivity index (χ4v) is 2.26. The molecule has 100 valence electrons. The van der Waals surface area contributed by atoms with E-state index >= 15 is 0 Å². The van der Waals surface area contributed by atoms with Crippen LogP contribution in [-0.2, 0) is 7.05 Å². The van der Waals surface area contributed by atoms with E-state index in [4.69, 9.17) is 16.7 Å². The summed E-state index contributed by atoms with van der Waals surface area (Å²) < 4.78 is 1.37. The van der Waals surface area contributed by atoms with Gasteiger partial charge in [-0.05, 0) is 30.2 Å². The molecule has 2 aromatic rings. The van der Waals surface area contributed by atoms with Crippen molar-refractivity contribution in [1.29, 1.82) is 0 Å². The quantitative estimate of drug-likeness (QED) is 0.877. The van der Waals surface area contributed by atoms with Crippen LogP contribution in [0, 0.1) is 6.92 Å². The SMILES string of the molecule is Cc1cc(Cl)ncc1C(C)c1cc(C(=O)O)n(C)n1. The molecule has 0 aliphatic rings. The summed E-state index contributed by atoms with van der Waals surface area (Å²) in [7, 11) is 1.62. The van der Waals surface area contributed by atoms with Gasteiger partial charge in [0.05, 0.1) is 5.69 Å². The lowest BCUT2D eigenvalue weighted by atomic mass is 9.95. The van der Waals surface area contributed by atoms with Gasteiger partial charge in [0.2, 0.25) is 0 Å². The number of carboxylic acids is 1. The Balaban J connectivity index is 2.41. The van der Waals surface area contributed by atoms with Crippen LogP contribution in [0.3, 0.4) is 0 Å². The molecular formula is C13H14ClN3O2. The number of halogens is 1. The molecule has 0 aliphatic carbocycles. The molecule has 1 unspecified atom stereocenters. The van der Waals surface area contributed by atoms with E-state index < -0.39 is 5.97 Å². The number of pyridine rings is 1. The minimum Gasteiger partial charge on any atom is -0.477 e. The maximum atomic E-state index is 11.0. The summed E-state index contributed by atoms with van der Waals surface area (Å²) in [6.07, 6.45) is 1.71. The van der Waals surface area contributed by atoms with Crippen molar-refractivity contribution in [2.45, 2.75) is 19.8 Å². The van der Waals surface area contributed by atoms with E-state index in [-0.39, 0.29) is 11.6 Å². The maximum absolute atomic E-state index is 11.0. The van der Waals surface area contributed by atoms with Gasteiger partial charge in [0, 0.05) is 19.2 Å². The molecule has 5 nitrogen and oxygen atoms in total. The number of nitrogens with zero attached hydrogens (tertiary/aromatic N) is 3. The van der Waals surface area contributed by atoms with E-state index in [1.54, 1.807) is 25.4 Å². The largest absolute Gasteiger partial charge is 0.477 e. The Bertz CT molecular complexity index is 637. The number of hydrogen-bond acceptors (Lipinski definition) is 3. The Morgan fingerprint density at radius 2 is 2.16 bits per heavy atom. The molecule has 0 fully saturated rings. The smallest absolute Gasteiger partial charge is 0.354 e. The highest BCUT2D eigenvalue weighted by Crippen LogP contribution is 2.26. The van der Waals surface area contributed by atoms with Gasteiger partial charge in [-0.1, -0.05) is 18.5 Å². The van der Waals surface area contributed by atoms with Crippen molar-refractivity contribution in [3.05, 3.63) is 46.0 Å². The van der Waals surface area contributed by atoms with Gasteiger partial charge in [0.15, 0.2) is 0 Å². The van der Waals surface area contributed by atoms with E-state index in [2.05, 4.69) is 10.1 Å². The summed E-state index contributed by atoms with van der Waals surface area (Å²) in [4.78, 5) is 15.1. The molecule has 1 N–H and O–H groups in total. The second kappa shape index (κ2) is 5.01. The summed E-state index contributed by atoms with van der Waals surface area (Å²) in [5.41, 5.74) is 2.86. The number of hydrogen-bond donors (Lipinski definition) is 1. The fourth-order valence-electron chi connectivity index (χ4n) is 2.05. The molecule has 1 atom stereocenters. The van der Waals surface area contributed by atoms with Crippen LogP contribution in [0.4, 0.5) is 0 Å². The zero-order valence-electron chi connectivity index (χ0n) is 10.9. The Morgan fingerprint density at radius 3 is 2.68 bits per heavy atom. The predicted octanol–water partition coefficient (Wildman–Crippen LogP) is 2.63.